The van der Waals surface area contributed by atoms with Gasteiger partial charge < -0.3 is 5.32 Å². The van der Waals surface area contributed by atoms with E-state index in [-0.39, 0.29) is 0 Å². The molecule has 112 valence electrons. The van der Waals surface area contributed by atoms with Crippen LogP contribution in [0.3, 0.4) is 0 Å². The first-order chi connectivity index (χ1) is 10.1. The zero-order valence-electron chi connectivity index (χ0n) is 13.4. The third-order valence-corrected chi connectivity index (χ3v) is 4.06. The summed E-state index contributed by atoms with van der Waals surface area (Å²) in [7, 11) is 4.17. The van der Waals surface area contributed by atoms with Gasteiger partial charge in [0.1, 0.15) is 0 Å². The molecule has 0 saturated heterocycles. The van der Waals surface area contributed by atoms with Crippen molar-refractivity contribution in [1.82, 2.24) is 15.2 Å². The van der Waals surface area contributed by atoms with Gasteiger partial charge in [-0.3, -0.25) is 9.88 Å². The van der Waals surface area contributed by atoms with Crippen LogP contribution >= 0.6 is 0 Å². The Morgan fingerprint density at radius 1 is 1.14 bits per heavy atom. The minimum absolute atomic E-state index is 0.305. The lowest BCUT2D eigenvalue weighted by atomic mass is 9.98. The SMILES string of the molecule is CNC(c1ccc(C)cc1)C(C)N(C)Cc1ccccn1. The molecule has 0 radical (unpaired) electrons. The fraction of sp³-hybridized carbons (Fsp3) is 0.389. The number of pyridine rings is 1. The molecule has 0 saturated carbocycles. The molecule has 0 aliphatic heterocycles. The molecule has 0 spiro atoms. The van der Waals surface area contributed by atoms with Crippen molar-refractivity contribution in [2.45, 2.75) is 32.5 Å². The number of nitrogens with one attached hydrogen (secondary N) is 1. The number of rotatable bonds is 6. The van der Waals surface area contributed by atoms with Crippen LogP contribution in [0.4, 0.5) is 0 Å². The van der Waals surface area contributed by atoms with Crippen molar-refractivity contribution in [3.05, 3.63) is 65.5 Å². The summed E-state index contributed by atoms with van der Waals surface area (Å²) in [6, 6.07) is 15.5. The zero-order valence-corrected chi connectivity index (χ0v) is 13.4. The number of hydrogen-bond acceptors (Lipinski definition) is 3. The van der Waals surface area contributed by atoms with Crippen LogP contribution in [0.2, 0.25) is 0 Å². The molecule has 0 aliphatic carbocycles. The molecule has 0 fully saturated rings. The van der Waals surface area contributed by atoms with E-state index in [1.807, 2.05) is 25.4 Å². The van der Waals surface area contributed by atoms with Crippen molar-refractivity contribution in [2.24, 2.45) is 0 Å². The fourth-order valence-electron chi connectivity index (χ4n) is 2.61. The predicted molar refractivity (Wildman–Crippen MR) is 88.1 cm³/mol. The van der Waals surface area contributed by atoms with Crippen molar-refractivity contribution < 1.29 is 0 Å². The van der Waals surface area contributed by atoms with Crippen LogP contribution in [0.25, 0.3) is 0 Å². The first-order valence-corrected chi connectivity index (χ1v) is 7.46. The van der Waals surface area contributed by atoms with Gasteiger partial charge in [0.05, 0.1) is 5.69 Å². The van der Waals surface area contributed by atoms with Crippen LogP contribution in [-0.4, -0.2) is 30.0 Å². The Morgan fingerprint density at radius 2 is 1.86 bits per heavy atom. The van der Waals surface area contributed by atoms with E-state index in [1.165, 1.54) is 11.1 Å². The van der Waals surface area contributed by atoms with E-state index in [0.29, 0.717) is 12.1 Å². The van der Waals surface area contributed by atoms with E-state index in [1.54, 1.807) is 0 Å². The second kappa shape index (κ2) is 7.34. The maximum absolute atomic E-state index is 4.41. The number of hydrogen-bond donors (Lipinski definition) is 1. The average molecular weight is 283 g/mol. The lowest BCUT2D eigenvalue weighted by Crippen LogP contribution is -2.39. The second-order valence-electron chi connectivity index (χ2n) is 5.65. The number of likely N-dealkylation sites (N-methyl/N-ethyl adjacent to an activating group) is 2. The summed E-state index contributed by atoms with van der Waals surface area (Å²) in [6.45, 7) is 5.23. The van der Waals surface area contributed by atoms with Gasteiger partial charge in [-0.2, -0.15) is 0 Å². The molecule has 1 aromatic carbocycles. The van der Waals surface area contributed by atoms with Gasteiger partial charge in [-0.05, 0) is 45.6 Å². The highest BCUT2D eigenvalue weighted by Crippen LogP contribution is 2.21. The van der Waals surface area contributed by atoms with Crippen LogP contribution in [0.5, 0.6) is 0 Å². The first-order valence-electron chi connectivity index (χ1n) is 7.46. The van der Waals surface area contributed by atoms with E-state index in [0.717, 1.165) is 12.2 Å². The van der Waals surface area contributed by atoms with Gasteiger partial charge in [0.25, 0.3) is 0 Å². The Labute approximate surface area is 128 Å². The molecule has 2 unspecified atom stereocenters. The lowest BCUT2D eigenvalue weighted by molar-refractivity contribution is 0.202. The smallest absolute Gasteiger partial charge is 0.0543 e. The van der Waals surface area contributed by atoms with E-state index < -0.39 is 0 Å². The molecule has 0 amide bonds. The highest BCUT2D eigenvalue weighted by atomic mass is 15.2. The third-order valence-electron chi connectivity index (χ3n) is 4.06. The van der Waals surface area contributed by atoms with Gasteiger partial charge >= 0.3 is 0 Å². The average Bonchev–Trinajstić information content (AvgIpc) is 2.50. The fourth-order valence-corrected chi connectivity index (χ4v) is 2.61. The Morgan fingerprint density at radius 3 is 2.43 bits per heavy atom. The molecule has 3 nitrogen and oxygen atoms in total. The van der Waals surface area contributed by atoms with Gasteiger partial charge in [0.2, 0.25) is 0 Å². The highest BCUT2D eigenvalue weighted by Gasteiger charge is 2.21. The van der Waals surface area contributed by atoms with E-state index >= 15 is 0 Å². The van der Waals surface area contributed by atoms with Crippen molar-refractivity contribution in [3.8, 4) is 0 Å². The van der Waals surface area contributed by atoms with Gasteiger partial charge in [-0.1, -0.05) is 35.9 Å². The van der Waals surface area contributed by atoms with Gasteiger partial charge in [-0.25, -0.2) is 0 Å². The molecule has 1 N–H and O–H groups in total. The van der Waals surface area contributed by atoms with E-state index in [2.05, 4.69) is 66.4 Å². The van der Waals surface area contributed by atoms with Crippen LogP contribution in [0, 0.1) is 6.92 Å². The number of aryl methyl sites for hydroxylation is 1. The lowest BCUT2D eigenvalue weighted by Gasteiger charge is -2.32. The van der Waals surface area contributed by atoms with Crippen molar-refractivity contribution in [3.63, 3.8) is 0 Å². The monoisotopic (exact) mass is 283 g/mol. The quantitative estimate of drug-likeness (QED) is 0.882. The normalized spacial score (nSPS) is 14.1. The van der Waals surface area contributed by atoms with Crippen molar-refractivity contribution >= 4 is 0 Å². The maximum atomic E-state index is 4.41. The third kappa shape index (κ3) is 4.13. The Balaban J connectivity index is 2.08. The highest BCUT2D eigenvalue weighted by molar-refractivity contribution is 5.25. The summed E-state index contributed by atoms with van der Waals surface area (Å²) in [5.74, 6) is 0. The van der Waals surface area contributed by atoms with Gasteiger partial charge in [0.15, 0.2) is 0 Å². The molecular formula is C18H25N3. The van der Waals surface area contributed by atoms with Crippen LogP contribution < -0.4 is 5.32 Å². The molecule has 1 aromatic heterocycles. The topological polar surface area (TPSA) is 28.2 Å². The van der Waals surface area contributed by atoms with Crippen LogP contribution in [0.15, 0.2) is 48.7 Å². The van der Waals surface area contributed by atoms with Crippen LogP contribution in [-0.2, 0) is 6.54 Å². The summed E-state index contributed by atoms with van der Waals surface area (Å²) in [6.07, 6.45) is 1.85. The number of benzene rings is 1. The molecule has 1 heterocycles. The Bertz CT molecular complexity index is 536. The second-order valence-corrected chi connectivity index (χ2v) is 5.65. The molecule has 21 heavy (non-hydrogen) atoms. The number of aromatic nitrogens is 1. The minimum Gasteiger partial charge on any atom is -0.312 e. The molecule has 0 aliphatic rings. The minimum atomic E-state index is 0.305. The number of nitrogens with zero attached hydrogens (tertiary/aromatic N) is 2. The summed E-state index contributed by atoms with van der Waals surface area (Å²) < 4.78 is 0. The summed E-state index contributed by atoms with van der Waals surface area (Å²) >= 11 is 0. The molecule has 0 bridgehead atoms. The van der Waals surface area contributed by atoms with Gasteiger partial charge in [-0.15, -0.1) is 0 Å². The molecule has 3 heteroatoms. The zero-order chi connectivity index (χ0) is 15.2. The molecule has 2 rings (SSSR count). The van der Waals surface area contributed by atoms with Crippen molar-refractivity contribution in [2.75, 3.05) is 14.1 Å². The van der Waals surface area contributed by atoms with E-state index in [4.69, 9.17) is 0 Å². The first kappa shape index (κ1) is 15.7. The summed E-state index contributed by atoms with van der Waals surface area (Å²) in [5, 5.41) is 3.44. The standard InChI is InChI=1S/C18H25N3/c1-14-8-10-16(11-9-14)18(19-3)15(2)21(4)13-17-7-5-6-12-20-17/h5-12,15,18-19H,13H2,1-4H3. The largest absolute Gasteiger partial charge is 0.312 e. The predicted octanol–water partition coefficient (Wildman–Crippen LogP) is 3.17. The molecule has 2 atom stereocenters. The van der Waals surface area contributed by atoms with E-state index in [9.17, 15) is 0 Å². The summed E-state index contributed by atoms with van der Waals surface area (Å²) in [4.78, 5) is 6.75. The van der Waals surface area contributed by atoms with Crippen molar-refractivity contribution in [1.29, 1.82) is 0 Å². The molecular weight excluding hydrogens is 258 g/mol. The van der Waals surface area contributed by atoms with Gasteiger partial charge in [0, 0.05) is 24.8 Å². The molecule has 2 aromatic rings. The summed E-state index contributed by atoms with van der Waals surface area (Å²) in [5.41, 5.74) is 3.72. The maximum Gasteiger partial charge on any atom is 0.0543 e. The van der Waals surface area contributed by atoms with Crippen LogP contribution in [0.1, 0.15) is 29.8 Å². The Hall–Kier alpha value is -1.71. The Kier molecular flexibility index (Phi) is 5.48.